The molecule has 0 radical (unpaired) electrons. The third-order valence-corrected chi connectivity index (χ3v) is 4.97. The SMILES string of the molecule is COc1cccc(-c2nc(C[S@](=O)CC(=O)NCC(OC)OC)c(C)o2)c1. The molecule has 1 heterocycles. The lowest BCUT2D eigenvalue weighted by atomic mass is 10.2. The van der Waals surface area contributed by atoms with Gasteiger partial charge in [0.25, 0.3) is 0 Å². The largest absolute Gasteiger partial charge is 0.497 e. The van der Waals surface area contributed by atoms with Crippen molar-refractivity contribution in [2.24, 2.45) is 0 Å². The summed E-state index contributed by atoms with van der Waals surface area (Å²) in [5.41, 5.74) is 1.32. The van der Waals surface area contributed by atoms with Gasteiger partial charge in [-0.05, 0) is 25.1 Å². The minimum atomic E-state index is -1.42. The first-order valence-corrected chi connectivity index (χ1v) is 9.73. The van der Waals surface area contributed by atoms with E-state index in [4.69, 9.17) is 18.6 Å². The predicted molar refractivity (Wildman–Crippen MR) is 101 cm³/mol. The summed E-state index contributed by atoms with van der Waals surface area (Å²) in [6, 6.07) is 7.32. The Morgan fingerprint density at radius 1 is 1.30 bits per heavy atom. The summed E-state index contributed by atoms with van der Waals surface area (Å²) >= 11 is 0. The van der Waals surface area contributed by atoms with Crippen LogP contribution in [-0.4, -0.2) is 55.0 Å². The monoisotopic (exact) mass is 396 g/mol. The fourth-order valence-corrected chi connectivity index (χ4v) is 3.37. The van der Waals surface area contributed by atoms with E-state index in [1.54, 1.807) is 14.0 Å². The number of carbonyl (C=O) groups is 1. The highest BCUT2D eigenvalue weighted by atomic mass is 32.2. The van der Waals surface area contributed by atoms with E-state index in [2.05, 4.69) is 10.3 Å². The molecular weight excluding hydrogens is 372 g/mol. The van der Waals surface area contributed by atoms with Gasteiger partial charge < -0.3 is 23.9 Å². The Kier molecular flexibility index (Phi) is 7.96. The van der Waals surface area contributed by atoms with Crippen molar-refractivity contribution in [3.8, 4) is 17.2 Å². The molecule has 0 saturated heterocycles. The summed E-state index contributed by atoms with van der Waals surface area (Å²) in [4.78, 5) is 16.3. The van der Waals surface area contributed by atoms with Crippen molar-refractivity contribution in [1.82, 2.24) is 10.3 Å². The molecule has 1 amide bonds. The Morgan fingerprint density at radius 3 is 2.70 bits per heavy atom. The standard InChI is InChI=1S/C18H24N2O6S/c1-12-15(10-27(22)11-16(21)19-9-17(24-3)25-4)20-18(26-12)13-6-5-7-14(8-13)23-2/h5-8,17H,9-11H2,1-4H3,(H,19,21)/t27-/m0/s1. The smallest absolute Gasteiger partial charge is 0.232 e. The van der Waals surface area contributed by atoms with Crippen LogP contribution in [0.4, 0.5) is 0 Å². The minimum Gasteiger partial charge on any atom is -0.497 e. The fraction of sp³-hybridized carbons (Fsp3) is 0.444. The lowest BCUT2D eigenvalue weighted by Crippen LogP contribution is -2.36. The van der Waals surface area contributed by atoms with Gasteiger partial charge in [0.1, 0.15) is 17.3 Å². The second-order valence-electron chi connectivity index (χ2n) is 5.69. The molecule has 8 nitrogen and oxygen atoms in total. The molecule has 0 fully saturated rings. The van der Waals surface area contributed by atoms with Gasteiger partial charge >= 0.3 is 0 Å². The van der Waals surface area contributed by atoms with E-state index in [-0.39, 0.29) is 24.0 Å². The second-order valence-corrected chi connectivity index (χ2v) is 7.14. The number of hydrogen-bond donors (Lipinski definition) is 1. The molecule has 1 N–H and O–H groups in total. The Balaban J connectivity index is 1.96. The molecule has 1 atom stereocenters. The van der Waals surface area contributed by atoms with E-state index in [0.29, 0.717) is 23.1 Å². The molecular formula is C18H24N2O6S. The molecule has 9 heteroatoms. The quantitative estimate of drug-likeness (QED) is 0.610. The van der Waals surface area contributed by atoms with E-state index >= 15 is 0 Å². The molecule has 0 unspecified atom stereocenters. The Hall–Kier alpha value is -2.23. The zero-order chi connectivity index (χ0) is 19.8. The van der Waals surface area contributed by atoms with Crippen molar-refractivity contribution in [3.63, 3.8) is 0 Å². The summed E-state index contributed by atoms with van der Waals surface area (Å²) in [5.74, 6) is 1.33. The van der Waals surface area contributed by atoms with Gasteiger partial charge in [-0.1, -0.05) is 6.07 Å². The van der Waals surface area contributed by atoms with Crippen LogP contribution in [-0.2, 0) is 30.8 Å². The molecule has 0 aliphatic rings. The molecule has 0 aliphatic heterocycles. The maximum atomic E-state index is 12.3. The van der Waals surface area contributed by atoms with Crippen LogP contribution < -0.4 is 10.1 Å². The lowest BCUT2D eigenvalue weighted by Gasteiger charge is -2.13. The lowest BCUT2D eigenvalue weighted by molar-refractivity contribution is -0.125. The second kappa shape index (κ2) is 10.2. The van der Waals surface area contributed by atoms with Crippen LogP contribution in [0.5, 0.6) is 5.75 Å². The Morgan fingerprint density at radius 2 is 2.04 bits per heavy atom. The summed E-state index contributed by atoms with van der Waals surface area (Å²) in [7, 11) is 3.12. The molecule has 148 valence electrons. The third kappa shape index (κ3) is 6.16. The van der Waals surface area contributed by atoms with Crippen molar-refractivity contribution in [3.05, 3.63) is 35.7 Å². The van der Waals surface area contributed by atoms with E-state index in [1.807, 2.05) is 24.3 Å². The van der Waals surface area contributed by atoms with Crippen molar-refractivity contribution in [2.75, 3.05) is 33.6 Å². The van der Waals surface area contributed by atoms with Crippen LogP contribution in [0.1, 0.15) is 11.5 Å². The average molecular weight is 396 g/mol. The van der Waals surface area contributed by atoms with Gasteiger partial charge in [0.05, 0.1) is 25.1 Å². The van der Waals surface area contributed by atoms with Crippen LogP contribution in [0.25, 0.3) is 11.5 Å². The first-order chi connectivity index (χ1) is 13.0. The number of nitrogens with zero attached hydrogens (tertiary/aromatic N) is 1. The zero-order valence-corrected chi connectivity index (χ0v) is 16.6. The minimum absolute atomic E-state index is 0.130. The highest BCUT2D eigenvalue weighted by Crippen LogP contribution is 2.25. The number of methoxy groups -OCH3 is 3. The molecule has 27 heavy (non-hydrogen) atoms. The number of ether oxygens (including phenoxy) is 3. The van der Waals surface area contributed by atoms with E-state index < -0.39 is 17.1 Å². The molecule has 2 aromatic rings. The molecule has 0 bridgehead atoms. The number of nitrogens with one attached hydrogen (secondary N) is 1. The van der Waals surface area contributed by atoms with E-state index in [0.717, 1.165) is 5.56 Å². The topological polar surface area (TPSA) is 99.9 Å². The molecule has 2 rings (SSSR count). The number of aryl methyl sites for hydroxylation is 1. The van der Waals surface area contributed by atoms with Crippen LogP contribution in [0.15, 0.2) is 28.7 Å². The zero-order valence-electron chi connectivity index (χ0n) is 15.8. The maximum absolute atomic E-state index is 12.3. The molecule has 0 spiro atoms. The maximum Gasteiger partial charge on any atom is 0.232 e. The number of benzene rings is 1. The number of rotatable bonds is 10. The molecule has 1 aromatic heterocycles. The fourth-order valence-electron chi connectivity index (χ4n) is 2.30. The molecule has 0 saturated carbocycles. The molecule has 1 aromatic carbocycles. The normalized spacial score (nSPS) is 12.2. The summed E-state index contributed by atoms with van der Waals surface area (Å²) < 4.78 is 33.1. The average Bonchev–Trinajstić information content (AvgIpc) is 3.03. The van der Waals surface area contributed by atoms with Crippen LogP contribution >= 0.6 is 0 Å². The number of hydrogen-bond acceptors (Lipinski definition) is 7. The summed E-state index contributed by atoms with van der Waals surface area (Å²) in [6.45, 7) is 1.94. The number of amides is 1. The first-order valence-electron chi connectivity index (χ1n) is 8.24. The van der Waals surface area contributed by atoms with Crippen LogP contribution in [0.2, 0.25) is 0 Å². The van der Waals surface area contributed by atoms with Gasteiger partial charge in [-0.3, -0.25) is 9.00 Å². The van der Waals surface area contributed by atoms with Gasteiger partial charge in [0.2, 0.25) is 11.8 Å². The van der Waals surface area contributed by atoms with Gasteiger partial charge in [-0.15, -0.1) is 0 Å². The van der Waals surface area contributed by atoms with Crippen LogP contribution in [0, 0.1) is 6.92 Å². The highest BCUT2D eigenvalue weighted by Gasteiger charge is 2.17. The predicted octanol–water partition coefficient (Wildman–Crippen LogP) is 1.64. The van der Waals surface area contributed by atoms with Crippen molar-refractivity contribution < 1.29 is 27.6 Å². The van der Waals surface area contributed by atoms with E-state index in [1.165, 1.54) is 14.2 Å². The van der Waals surface area contributed by atoms with Crippen molar-refractivity contribution in [2.45, 2.75) is 19.0 Å². The number of aromatic nitrogens is 1. The summed E-state index contributed by atoms with van der Waals surface area (Å²) in [5, 5.41) is 2.62. The number of oxazole rings is 1. The summed E-state index contributed by atoms with van der Waals surface area (Å²) in [6.07, 6.45) is -0.536. The third-order valence-electron chi connectivity index (χ3n) is 3.79. The van der Waals surface area contributed by atoms with Gasteiger partial charge in [0, 0.05) is 30.6 Å². The van der Waals surface area contributed by atoms with Gasteiger partial charge in [-0.2, -0.15) is 0 Å². The van der Waals surface area contributed by atoms with Crippen LogP contribution in [0.3, 0.4) is 0 Å². The van der Waals surface area contributed by atoms with Gasteiger partial charge in [0.15, 0.2) is 6.29 Å². The Labute approximate surface area is 160 Å². The Bertz CT molecular complexity index is 788. The first kappa shape index (κ1) is 21.1. The van der Waals surface area contributed by atoms with Gasteiger partial charge in [-0.25, -0.2) is 4.98 Å². The molecule has 0 aliphatic carbocycles. The van der Waals surface area contributed by atoms with Crippen molar-refractivity contribution >= 4 is 16.7 Å². The highest BCUT2D eigenvalue weighted by molar-refractivity contribution is 7.84. The van der Waals surface area contributed by atoms with E-state index in [9.17, 15) is 9.00 Å². The number of carbonyl (C=O) groups excluding carboxylic acids is 1. The van der Waals surface area contributed by atoms with Crippen molar-refractivity contribution in [1.29, 1.82) is 0 Å².